The van der Waals surface area contributed by atoms with E-state index in [-0.39, 0.29) is 0 Å². The van der Waals surface area contributed by atoms with Crippen LogP contribution in [0, 0.1) is 0 Å². The van der Waals surface area contributed by atoms with Gasteiger partial charge in [-0.2, -0.15) is 0 Å². The molecule has 0 amide bonds. The van der Waals surface area contributed by atoms with Crippen molar-refractivity contribution in [3.63, 3.8) is 0 Å². The Morgan fingerprint density at radius 3 is 2.46 bits per heavy atom. The van der Waals surface area contributed by atoms with E-state index >= 15 is 0 Å². The van der Waals surface area contributed by atoms with Crippen LogP contribution in [0.4, 0.5) is 0 Å². The minimum atomic E-state index is -0.555. The average Bonchev–Trinajstić information content (AvgIpc) is 2.18. The molecule has 0 aliphatic heterocycles. The van der Waals surface area contributed by atoms with Gasteiger partial charge < -0.3 is 5.11 Å². The van der Waals surface area contributed by atoms with Gasteiger partial charge in [-0.1, -0.05) is 19.1 Å². The van der Waals surface area contributed by atoms with Crippen molar-refractivity contribution in [2.24, 2.45) is 0 Å². The fraction of sp³-hybridized carbons (Fsp3) is 0.400. The van der Waals surface area contributed by atoms with Gasteiger partial charge in [0.1, 0.15) is 6.23 Å². The highest BCUT2D eigenvalue weighted by Crippen LogP contribution is 2.19. The van der Waals surface area contributed by atoms with Gasteiger partial charge in [0.25, 0.3) is 0 Å². The van der Waals surface area contributed by atoms with Crippen molar-refractivity contribution in [1.82, 2.24) is 5.32 Å². The molecule has 0 fully saturated rings. The largest absolute Gasteiger partial charge is 0.374 e. The van der Waals surface area contributed by atoms with E-state index < -0.39 is 6.23 Å². The van der Waals surface area contributed by atoms with E-state index in [0.29, 0.717) is 0 Å². The molecule has 1 atom stereocenters. The van der Waals surface area contributed by atoms with Crippen LogP contribution in [0.5, 0.6) is 0 Å². The van der Waals surface area contributed by atoms with Crippen LogP contribution in [0.1, 0.15) is 18.7 Å². The van der Waals surface area contributed by atoms with Crippen LogP contribution >= 0.6 is 11.8 Å². The summed E-state index contributed by atoms with van der Waals surface area (Å²) in [5.41, 5.74) is 0.906. The summed E-state index contributed by atoms with van der Waals surface area (Å²) in [5.74, 6) is 1.08. The predicted octanol–water partition coefficient (Wildman–Crippen LogP) is 2.01. The van der Waals surface area contributed by atoms with Crippen molar-refractivity contribution in [2.45, 2.75) is 18.0 Å². The molecule has 1 aromatic rings. The zero-order valence-corrected chi connectivity index (χ0v) is 8.77. The summed E-state index contributed by atoms with van der Waals surface area (Å²) in [5, 5.41) is 12.2. The summed E-state index contributed by atoms with van der Waals surface area (Å²) in [6.45, 7) is 2.13. The third-order valence-corrected chi connectivity index (χ3v) is 2.67. The van der Waals surface area contributed by atoms with E-state index in [0.717, 1.165) is 11.3 Å². The maximum Gasteiger partial charge on any atom is 0.130 e. The second-order valence-electron chi connectivity index (χ2n) is 2.69. The van der Waals surface area contributed by atoms with Crippen molar-refractivity contribution in [3.8, 4) is 0 Å². The quantitative estimate of drug-likeness (QED) is 0.572. The monoisotopic (exact) mass is 197 g/mol. The van der Waals surface area contributed by atoms with Crippen LogP contribution in [0.3, 0.4) is 0 Å². The second-order valence-corrected chi connectivity index (χ2v) is 4.03. The molecule has 2 N–H and O–H groups in total. The minimum absolute atomic E-state index is 0.555. The van der Waals surface area contributed by atoms with Gasteiger partial charge in [-0.3, -0.25) is 5.32 Å². The number of rotatable bonds is 4. The summed E-state index contributed by atoms with van der Waals surface area (Å²) < 4.78 is 0. The molecule has 72 valence electrons. The average molecular weight is 197 g/mol. The molecule has 0 saturated heterocycles. The van der Waals surface area contributed by atoms with Crippen LogP contribution in [-0.4, -0.2) is 17.9 Å². The van der Waals surface area contributed by atoms with Crippen LogP contribution in [0.2, 0.25) is 0 Å². The summed E-state index contributed by atoms with van der Waals surface area (Å²) in [7, 11) is 1.74. The van der Waals surface area contributed by atoms with Gasteiger partial charge in [0, 0.05) is 4.90 Å². The summed E-state index contributed by atoms with van der Waals surface area (Å²) in [4.78, 5) is 1.24. The van der Waals surface area contributed by atoms with E-state index in [1.807, 2.05) is 24.3 Å². The molecule has 0 spiro atoms. The van der Waals surface area contributed by atoms with E-state index in [9.17, 15) is 5.11 Å². The Hall–Kier alpha value is -0.510. The molecule has 13 heavy (non-hydrogen) atoms. The van der Waals surface area contributed by atoms with Crippen molar-refractivity contribution < 1.29 is 5.11 Å². The molecule has 0 saturated carbocycles. The molecule has 1 unspecified atom stereocenters. The van der Waals surface area contributed by atoms with Gasteiger partial charge in [0.05, 0.1) is 0 Å². The van der Waals surface area contributed by atoms with Crippen molar-refractivity contribution in [2.75, 3.05) is 12.8 Å². The van der Waals surface area contributed by atoms with Gasteiger partial charge in [0.15, 0.2) is 0 Å². The van der Waals surface area contributed by atoms with E-state index in [4.69, 9.17) is 0 Å². The SMILES string of the molecule is CCSc1ccc(C(O)NC)cc1. The molecule has 0 heterocycles. The topological polar surface area (TPSA) is 32.3 Å². The maximum absolute atomic E-state index is 9.43. The summed E-state index contributed by atoms with van der Waals surface area (Å²) in [6, 6.07) is 7.95. The van der Waals surface area contributed by atoms with Crippen LogP contribution in [-0.2, 0) is 0 Å². The Kier molecular flexibility index (Phi) is 4.28. The molecule has 0 aromatic heterocycles. The smallest absolute Gasteiger partial charge is 0.130 e. The Bertz CT molecular complexity index is 248. The van der Waals surface area contributed by atoms with E-state index in [1.54, 1.807) is 18.8 Å². The standard InChI is InChI=1S/C10H15NOS/c1-3-13-9-6-4-8(5-7-9)10(12)11-2/h4-7,10-12H,3H2,1-2H3. The fourth-order valence-electron chi connectivity index (χ4n) is 1.08. The lowest BCUT2D eigenvalue weighted by molar-refractivity contribution is 0.149. The van der Waals surface area contributed by atoms with Gasteiger partial charge in [-0.15, -0.1) is 11.8 Å². The van der Waals surface area contributed by atoms with Crippen molar-refractivity contribution in [1.29, 1.82) is 0 Å². The number of aliphatic hydroxyl groups excluding tert-OH is 1. The normalized spacial score (nSPS) is 12.8. The highest BCUT2D eigenvalue weighted by molar-refractivity contribution is 7.99. The zero-order valence-electron chi connectivity index (χ0n) is 7.95. The Morgan fingerprint density at radius 2 is 2.00 bits per heavy atom. The van der Waals surface area contributed by atoms with E-state index in [1.165, 1.54) is 4.90 Å². The maximum atomic E-state index is 9.43. The zero-order chi connectivity index (χ0) is 9.68. The third-order valence-electron chi connectivity index (χ3n) is 1.78. The first-order chi connectivity index (χ1) is 6.27. The molecular formula is C10H15NOS. The lowest BCUT2D eigenvalue weighted by Gasteiger charge is -2.09. The van der Waals surface area contributed by atoms with Gasteiger partial charge in [-0.05, 0) is 30.5 Å². The van der Waals surface area contributed by atoms with Gasteiger partial charge >= 0.3 is 0 Å². The molecule has 2 nitrogen and oxygen atoms in total. The second kappa shape index (κ2) is 5.27. The van der Waals surface area contributed by atoms with Gasteiger partial charge in [0.2, 0.25) is 0 Å². The number of hydrogen-bond acceptors (Lipinski definition) is 3. The summed E-state index contributed by atoms with van der Waals surface area (Å²) in [6.07, 6.45) is -0.555. The fourth-order valence-corrected chi connectivity index (χ4v) is 1.74. The molecule has 3 heteroatoms. The summed E-state index contributed by atoms with van der Waals surface area (Å²) >= 11 is 1.80. The van der Waals surface area contributed by atoms with Crippen LogP contribution in [0.25, 0.3) is 0 Å². The number of benzene rings is 1. The first kappa shape index (κ1) is 10.6. The number of nitrogens with one attached hydrogen (secondary N) is 1. The molecular weight excluding hydrogens is 182 g/mol. The van der Waals surface area contributed by atoms with Crippen LogP contribution < -0.4 is 5.32 Å². The molecule has 0 aliphatic carbocycles. The highest BCUT2D eigenvalue weighted by Gasteiger charge is 2.02. The third kappa shape index (κ3) is 3.03. The number of thioether (sulfide) groups is 1. The Morgan fingerprint density at radius 1 is 1.38 bits per heavy atom. The van der Waals surface area contributed by atoms with Crippen molar-refractivity contribution >= 4 is 11.8 Å². The Labute approximate surface area is 83.4 Å². The van der Waals surface area contributed by atoms with Crippen LogP contribution in [0.15, 0.2) is 29.2 Å². The van der Waals surface area contributed by atoms with Gasteiger partial charge in [-0.25, -0.2) is 0 Å². The first-order valence-corrected chi connectivity index (χ1v) is 5.34. The number of hydrogen-bond donors (Lipinski definition) is 2. The predicted molar refractivity (Wildman–Crippen MR) is 56.9 cm³/mol. The molecule has 1 rings (SSSR count). The van der Waals surface area contributed by atoms with E-state index in [2.05, 4.69) is 12.2 Å². The molecule has 0 radical (unpaired) electrons. The number of aliphatic hydroxyl groups is 1. The lowest BCUT2D eigenvalue weighted by Crippen LogP contribution is -2.14. The highest BCUT2D eigenvalue weighted by atomic mass is 32.2. The lowest BCUT2D eigenvalue weighted by atomic mass is 10.2. The minimum Gasteiger partial charge on any atom is -0.374 e. The Balaban J connectivity index is 2.69. The molecule has 0 aliphatic rings. The first-order valence-electron chi connectivity index (χ1n) is 4.36. The molecule has 0 bridgehead atoms. The molecule has 1 aromatic carbocycles. The van der Waals surface area contributed by atoms with Crippen molar-refractivity contribution in [3.05, 3.63) is 29.8 Å².